The van der Waals surface area contributed by atoms with E-state index in [0.29, 0.717) is 18.0 Å². The number of hydrogen-bond donors (Lipinski definition) is 1. The molecule has 1 atom stereocenters. The Bertz CT molecular complexity index is 748. The van der Waals surface area contributed by atoms with E-state index < -0.39 is 0 Å². The summed E-state index contributed by atoms with van der Waals surface area (Å²) in [5.41, 5.74) is 2.09. The Morgan fingerprint density at radius 3 is 2.60 bits per heavy atom. The molecule has 132 valence electrons. The third kappa shape index (κ3) is 4.02. The van der Waals surface area contributed by atoms with Gasteiger partial charge in [-0.2, -0.15) is 0 Å². The minimum absolute atomic E-state index is 0.0681. The zero-order chi connectivity index (χ0) is 18.0. The first kappa shape index (κ1) is 17.5. The molecule has 1 saturated heterocycles. The number of cyclic esters (lactones) is 1. The van der Waals surface area contributed by atoms with Gasteiger partial charge in [-0.25, -0.2) is 4.79 Å². The maximum Gasteiger partial charge on any atom is 0.414 e. The van der Waals surface area contributed by atoms with E-state index in [9.17, 15) is 9.59 Å². The zero-order valence-corrected chi connectivity index (χ0v) is 15.4. The molecular formula is C19H22N2O3S. The van der Waals surface area contributed by atoms with Crippen LogP contribution in [0.25, 0.3) is 0 Å². The minimum Gasteiger partial charge on any atom is -0.442 e. The number of rotatable bonds is 4. The van der Waals surface area contributed by atoms with Gasteiger partial charge in [0.2, 0.25) is 0 Å². The lowest BCUT2D eigenvalue weighted by Gasteiger charge is -2.20. The summed E-state index contributed by atoms with van der Waals surface area (Å²) in [6.07, 6.45) is -0.724. The summed E-state index contributed by atoms with van der Waals surface area (Å²) < 4.78 is 5.37. The van der Waals surface area contributed by atoms with Gasteiger partial charge in [0.25, 0.3) is 5.91 Å². The zero-order valence-electron chi connectivity index (χ0n) is 14.6. The third-order valence-corrected chi connectivity index (χ3v) is 5.02. The number of benzene rings is 1. The summed E-state index contributed by atoms with van der Waals surface area (Å²) in [6, 6.07) is 11.5. The molecule has 0 radical (unpaired) electrons. The highest BCUT2D eigenvalue weighted by molar-refractivity contribution is 7.12. The van der Waals surface area contributed by atoms with Crippen molar-refractivity contribution in [3.05, 3.63) is 52.2 Å². The number of nitrogens with zero attached hydrogens (tertiary/aromatic N) is 1. The fourth-order valence-electron chi connectivity index (χ4n) is 2.68. The van der Waals surface area contributed by atoms with E-state index in [4.69, 9.17) is 4.74 Å². The van der Waals surface area contributed by atoms with Crippen LogP contribution in [0.15, 0.2) is 41.8 Å². The first-order valence-corrected chi connectivity index (χ1v) is 9.13. The van der Waals surface area contributed by atoms with Crippen LogP contribution in [-0.2, 0) is 10.2 Å². The number of ether oxygens (including phenoxy) is 1. The second kappa shape index (κ2) is 6.88. The van der Waals surface area contributed by atoms with Gasteiger partial charge in [0, 0.05) is 5.69 Å². The number of thiophene rings is 1. The SMILES string of the molecule is CC(C)(C)c1ccc(N2CC(CNC(=O)c3cccs3)OC2=O)cc1. The van der Waals surface area contributed by atoms with Gasteiger partial charge in [-0.1, -0.05) is 39.0 Å². The first-order chi connectivity index (χ1) is 11.8. The molecule has 1 N–H and O–H groups in total. The maximum absolute atomic E-state index is 12.1. The molecule has 0 bridgehead atoms. The Hall–Kier alpha value is -2.34. The van der Waals surface area contributed by atoms with E-state index >= 15 is 0 Å². The number of anilines is 1. The molecule has 2 heterocycles. The Kier molecular flexibility index (Phi) is 4.81. The summed E-state index contributed by atoms with van der Waals surface area (Å²) in [5, 5.41) is 4.67. The van der Waals surface area contributed by atoms with Crippen molar-refractivity contribution < 1.29 is 14.3 Å². The Balaban J connectivity index is 1.60. The topological polar surface area (TPSA) is 58.6 Å². The minimum atomic E-state index is -0.376. The molecule has 0 aliphatic carbocycles. The summed E-state index contributed by atoms with van der Waals surface area (Å²) in [4.78, 5) is 26.4. The Morgan fingerprint density at radius 2 is 2.00 bits per heavy atom. The predicted octanol–water partition coefficient (Wildman–Crippen LogP) is 3.80. The van der Waals surface area contributed by atoms with Gasteiger partial charge in [0.15, 0.2) is 0 Å². The van der Waals surface area contributed by atoms with Gasteiger partial charge < -0.3 is 10.1 Å². The second-order valence-electron chi connectivity index (χ2n) is 7.10. The highest BCUT2D eigenvalue weighted by Gasteiger charge is 2.32. The average molecular weight is 358 g/mol. The van der Waals surface area contributed by atoms with Crippen molar-refractivity contribution in [1.29, 1.82) is 0 Å². The quantitative estimate of drug-likeness (QED) is 0.904. The lowest BCUT2D eigenvalue weighted by atomic mass is 9.87. The molecule has 2 aromatic rings. The van der Waals surface area contributed by atoms with Gasteiger partial charge >= 0.3 is 6.09 Å². The molecule has 1 aromatic carbocycles. The monoisotopic (exact) mass is 358 g/mol. The van der Waals surface area contributed by atoms with Crippen LogP contribution in [0.4, 0.5) is 10.5 Å². The van der Waals surface area contributed by atoms with Crippen molar-refractivity contribution in [3.8, 4) is 0 Å². The molecule has 3 rings (SSSR count). The molecule has 6 heteroatoms. The van der Waals surface area contributed by atoms with Crippen molar-refractivity contribution >= 4 is 29.0 Å². The second-order valence-corrected chi connectivity index (χ2v) is 8.05. The normalized spacial score (nSPS) is 17.5. The maximum atomic E-state index is 12.1. The lowest BCUT2D eigenvalue weighted by molar-refractivity contribution is 0.0920. The van der Waals surface area contributed by atoms with Crippen molar-refractivity contribution in [1.82, 2.24) is 5.32 Å². The number of carbonyl (C=O) groups excluding carboxylic acids is 2. The molecular weight excluding hydrogens is 336 g/mol. The summed E-state index contributed by atoms with van der Waals surface area (Å²) in [6.45, 7) is 7.19. The van der Waals surface area contributed by atoms with Crippen LogP contribution in [0.2, 0.25) is 0 Å². The molecule has 2 amide bonds. The van der Waals surface area contributed by atoms with Crippen LogP contribution in [0.1, 0.15) is 36.0 Å². The summed E-state index contributed by atoms with van der Waals surface area (Å²) in [7, 11) is 0. The van der Waals surface area contributed by atoms with Gasteiger partial charge in [-0.15, -0.1) is 11.3 Å². The van der Waals surface area contributed by atoms with Crippen molar-refractivity contribution in [2.75, 3.05) is 18.0 Å². The number of amides is 2. The van der Waals surface area contributed by atoms with Crippen LogP contribution in [0.3, 0.4) is 0 Å². The van der Waals surface area contributed by atoms with Gasteiger partial charge in [0.1, 0.15) is 6.10 Å². The van der Waals surface area contributed by atoms with Gasteiger partial charge in [-0.3, -0.25) is 9.69 Å². The van der Waals surface area contributed by atoms with Crippen molar-refractivity contribution in [2.45, 2.75) is 32.3 Å². The highest BCUT2D eigenvalue weighted by atomic mass is 32.1. The van der Waals surface area contributed by atoms with Gasteiger partial charge in [0.05, 0.1) is 18.0 Å². The number of carbonyl (C=O) groups is 2. The molecule has 5 nitrogen and oxygen atoms in total. The lowest BCUT2D eigenvalue weighted by Crippen LogP contribution is -2.34. The van der Waals surface area contributed by atoms with Crippen LogP contribution in [0, 0.1) is 0 Å². The fourth-order valence-corrected chi connectivity index (χ4v) is 3.32. The van der Waals surface area contributed by atoms with Crippen LogP contribution in [0.5, 0.6) is 0 Å². The first-order valence-electron chi connectivity index (χ1n) is 8.25. The molecule has 25 heavy (non-hydrogen) atoms. The van der Waals surface area contributed by atoms with Gasteiger partial charge in [-0.05, 0) is 34.6 Å². The molecule has 1 unspecified atom stereocenters. The smallest absolute Gasteiger partial charge is 0.414 e. The molecule has 0 spiro atoms. The van der Waals surface area contributed by atoms with Crippen LogP contribution < -0.4 is 10.2 Å². The van der Waals surface area contributed by atoms with E-state index in [1.165, 1.54) is 16.9 Å². The molecule has 1 aromatic heterocycles. The van der Waals surface area contributed by atoms with Crippen LogP contribution >= 0.6 is 11.3 Å². The number of hydrogen-bond acceptors (Lipinski definition) is 4. The average Bonchev–Trinajstić information content (AvgIpc) is 3.22. The van der Waals surface area contributed by atoms with E-state index in [1.54, 1.807) is 11.0 Å². The highest BCUT2D eigenvalue weighted by Crippen LogP contribution is 2.27. The largest absolute Gasteiger partial charge is 0.442 e. The summed E-state index contributed by atoms with van der Waals surface area (Å²) >= 11 is 1.38. The summed E-state index contributed by atoms with van der Waals surface area (Å²) in [5.74, 6) is -0.140. The molecule has 1 fully saturated rings. The fraction of sp³-hybridized carbons (Fsp3) is 0.368. The Morgan fingerprint density at radius 1 is 1.28 bits per heavy atom. The van der Waals surface area contributed by atoms with Crippen LogP contribution in [-0.4, -0.2) is 31.2 Å². The van der Waals surface area contributed by atoms with Crippen molar-refractivity contribution in [2.24, 2.45) is 0 Å². The molecule has 1 aliphatic heterocycles. The standard InChI is InChI=1S/C19H22N2O3S/c1-19(2,3)13-6-8-14(9-7-13)21-12-15(24-18(21)23)11-20-17(22)16-5-4-10-25-16/h4-10,15H,11-12H2,1-3H3,(H,20,22). The molecule has 0 saturated carbocycles. The number of nitrogens with one attached hydrogen (secondary N) is 1. The van der Waals surface area contributed by atoms with Crippen molar-refractivity contribution in [3.63, 3.8) is 0 Å². The molecule has 1 aliphatic rings. The predicted molar refractivity (Wildman–Crippen MR) is 99.4 cm³/mol. The van der Waals surface area contributed by atoms with E-state index in [0.717, 1.165) is 5.69 Å². The van der Waals surface area contributed by atoms with E-state index in [2.05, 4.69) is 26.1 Å². The van der Waals surface area contributed by atoms with E-state index in [1.807, 2.05) is 35.7 Å². The van der Waals surface area contributed by atoms with E-state index in [-0.39, 0.29) is 23.5 Å². The third-order valence-electron chi connectivity index (χ3n) is 4.15. The Labute approximate surface area is 151 Å².